The molecule has 0 spiro atoms. The van der Waals surface area contributed by atoms with E-state index in [-0.39, 0.29) is 0 Å². The van der Waals surface area contributed by atoms with Crippen molar-refractivity contribution in [3.63, 3.8) is 0 Å². The monoisotopic (exact) mass is 396 g/mol. The van der Waals surface area contributed by atoms with Crippen LogP contribution in [0.3, 0.4) is 0 Å². The van der Waals surface area contributed by atoms with E-state index in [1.54, 1.807) is 0 Å². The third kappa shape index (κ3) is 4.76. The molecule has 1 amide bonds. The lowest BCUT2D eigenvalue weighted by molar-refractivity contribution is -0.137. The molecule has 1 aromatic carbocycles. The highest BCUT2D eigenvalue weighted by Crippen LogP contribution is 2.36. The SMILES string of the molecule is CCCc1c(-c2ccc(C(F)(F)F)cc2)c(C(N)=O)c(C)n1CCCOCC. The highest BCUT2D eigenvalue weighted by atomic mass is 19.4. The van der Waals surface area contributed by atoms with E-state index in [9.17, 15) is 18.0 Å². The maximum atomic E-state index is 12.9. The fourth-order valence-electron chi connectivity index (χ4n) is 3.50. The van der Waals surface area contributed by atoms with Gasteiger partial charge in [0.05, 0.1) is 11.1 Å². The lowest BCUT2D eigenvalue weighted by Crippen LogP contribution is -2.14. The first-order chi connectivity index (χ1) is 13.2. The van der Waals surface area contributed by atoms with Crippen LogP contribution in [0.1, 0.15) is 54.0 Å². The maximum absolute atomic E-state index is 12.9. The summed E-state index contributed by atoms with van der Waals surface area (Å²) >= 11 is 0. The Kier molecular flexibility index (Phi) is 7.29. The number of carbonyl (C=O) groups is 1. The zero-order chi connectivity index (χ0) is 20.9. The molecule has 0 fully saturated rings. The molecule has 154 valence electrons. The van der Waals surface area contributed by atoms with E-state index >= 15 is 0 Å². The molecule has 0 aliphatic carbocycles. The van der Waals surface area contributed by atoms with Crippen LogP contribution in [-0.2, 0) is 23.9 Å². The number of rotatable bonds is 9. The van der Waals surface area contributed by atoms with Crippen molar-refractivity contribution < 1.29 is 22.7 Å². The van der Waals surface area contributed by atoms with E-state index in [1.807, 2.05) is 20.8 Å². The molecule has 0 aliphatic heterocycles. The van der Waals surface area contributed by atoms with Gasteiger partial charge in [-0.15, -0.1) is 0 Å². The minimum Gasteiger partial charge on any atom is -0.382 e. The van der Waals surface area contributed by atoms with Crippen LogP contribution in [0.2, 0.25) is 0 Å². The van der Waals surface area contributed by atoms with Gasteiger partial charge in [-0.05, 0) is 44.4 Å². The van der Waals surface area contributed by atoms with Crippen molar-refractivity contribution in [1.82, 2.24) is 4.57 Å². The Bertz CT molecular complexity index is 809. The number of aromatic nitrogens is 1. The molecule has 4 nitrogen and oxygen atoms in total. The third-order valence-electron chi connectivity index (χ3n) is 4.74. The summed E-state index contributed by atoms with van der Waals surface area (Å²) in [5.74, 6) is -0.576. The number of ether oxygens (including phenoxy) is 1. The molecular weight excluding hydrogens is 369 g/mol. The van der Waals surface area contributed by atoms with Crippen molar-refractivity contribution in [2.45, 2.75) is 52.8 Å². The predicted molar refractivity (Wildman–Crippen MR) is 103 cm³/mol. The Balaban J connectivity index is 2.56. The van der Waals surface area contributed by atoms with Crippen molar-refractivity contribution in [2.24, 2.45) is 5.73 Å². The van der Waals surface area contributed by atoms with Crippen molar-refractivity contribution in [2.75, 3.05) is 13.2 Å². The summed E-state index contributed by atoms with van der Waals surface area (Å²) in [7, 11) is 0. The van der Waals surface area contributed by atoms with E-state index in [4.69, 9.17) is 10.5 Å². The summed E-state index contributed by atoms with van der Waals surface area (Å²) in [6, 6.07) is 4.90. The van der Waals surface area contributed by atoms with E-state index in [0.717, 1.165) is 36.4 Å². The molecule has 0 atom stereocenters. The maximum Gasteiger partial charge on any atom is 0.416 e. The summed E-state index contributed by atoms with van der Waals surface area (Å²) in [4.78, 5) is 12.2. The van der Waals surface area contributed by atoms with Crippen LogP contribution >= 0.6 is 0 Å². The Morgan fingerprint density at radius 2 is 1.82 bits per heavy atom. The second-order valence-corrected chi connectivity index (χ2v) is 6.67. The zero-order valence-electron chi connectivity index (χ0n) is 16.5. The minimum absolute atomic E-state index is 0.375. The van der Waals surface area contributed by atoms with Gasteiger partial charge in [0, 0.05) is 36.7 Å². The molecule has 28 heavy (non-hydrogen) atoms. The Morgan fingerprint density at radius 1 is 1.18 bits per heavy atom. The summed E-state index contributed by atoms with van der Waals surface area (Å²) < 4.78 is 46.2. The van der Waals surface area contributed by atoms with Gasteiger partial charge in [0.15, 0.2) is 0 Å². The molecule has 0 unspecified atom stereocenters. The predicted octanol–water partition coefficient (Wildman–Crippen LogP) is 4.96. The number of alkyl halides is 3. The summed E-state index contributed by atoms with van der Waals surface area (Å²) in [5.41, 5.74) is 8.17. The first-order valence-electron chi connectivity index (χ1n) is 9.49. The van der Waals surface area contributed by atoms with Crippen molar-refractivity contribution in [3.05, 3.63) is 46.8 Å². The van der Waals surface area contributed by atoms with Crippen LogP contribution in [0, 0.1) is 6.92 Å². The number of hydrogen-bond acceptors (Lipinski definition) is 2. The normalized spacial score (nSPS) is 11.8. The lowest BCUT2D eigenvalue weighted by Gasteiger charge is -2.13. The van der Waals surface area contributed by atoms with E-state index in [1.165, 1.54) is 12.1 Å². The highest BCUT2D eigenvalue weighted by molar-refractivity contribution is 6.02. The van der Waals surface area contributed by atoms with Gasteiger partial charge < -0.3 is 15.0 Å². The summed E-state index contributed by atoms with van der Waals surface area (Å²) in [5, 5.41) is 0. The smallest absolute Gasteiger partial charge is 0.382 e. The van der Waals surface area contributed by atoms with E-state index in [2.05, 4.69) is 4.57 Å². The van der Waals surface area contributed by atoms with E-state index in [0.29, 0.717) is 42.9 Å². The largest absolute Gasteiger partial charge is 0.416 e. The topological polar surface area (TPSA) is 57.2 Å². The number of amides is 1. The average molecular weight is 396 g/mol. The summed E-state index contributed by atoms with van der Waals surface area (Å²) in [6.45, 7) is 7.66. The molecule has 2 rings (SSSR count). The van der Waals surface area contributed by atoms with Gasteiger partial charge in [-0.3, -0.25) is 4.79 Å². The average Bonchev–Trinajstić information content (AvgIpc) is 2.90. The number of hydrogen-bond donors (Lipinski definition) is 1. The second kappa shape index (κ2) is 9.28. The van der Waals surface area contributed by atoms with Crippen LogP contribution in [0.15, 0.2) is 24.3 Å². The molecule has 0 saturated heterocycles. The number of nitrogens with two attached hydrogens (primary N) is 1. The molecule has 0 bridgehead atoms. The zero-order valence-corrected chi connectivity index (χ0v) is 16.5. The second-order valence-electron chi connectivity index (χ2n) is 6.67. The molecule has 1 aromatic heterocycles. The quantitative estimate of drug-likeness (QED) is 0.609. The van der Waals surface area contributed by atoms with Gasteiger partial charge in [0.2, 0.25) is 0 Å². The van der Waals surface area contributed by atoms with E-state index < -0.39 is 17.6 Å². The van der Waals surface area contributed by atoms with Crippen molar-refractivity contribution >= 4 is 5.91 Å². The number of carbonyl (C=O) groups excluding carboxylic acids is 1. The van der Waals surface area contributed by atoms with Gasteiger partial charge in [-0.2, -0.15) is 13.2 Å². The standard InChI is InChI=1S/C21H27F3N2O2/c1-4-7-17-19(15-8-10-16(11-9-15)21(22,23)24)18(20(25)27)14(3)26(17)12-6-13-28-5-2/h8-11H,4-7,12-13H2,1-3H3,(H2,25,27). The van der Waals surface area contributed by atoms with Gasteiger partial charge in [0.25, 0.3) is 5.91 Å². The molecule has 0 saturated carbocycles. The minimum atomic E-state index is -4.40. The van der Waals surface area contributed by atoms with Crippen molar-refractivity contribution in [3.8, 4) is 11.1 Å². The first-order valence-corrected chi connectivity index (χ1v) is 9.49. The lowest BCUT2D eigenvalue weighted by atomic mass is 9.97. The van der Waals surface area contributed by atoms with Crippen LogP contribution in [0.25, 0.3) is 11.1 Å². The van der Waals surface area contributed by atoms with Gasteiger partial charge >= 0.3 is 6.18 Å². The van der Waals surface area contributed by atoms with Gasteiger partial charge in [-0.25, -0.2) is 0 Å². The molecular formula is C21H27F3N2O2. The molecule has 1 heterocycles. The van der Waals surface area contributed by atoms with Crippen LogP contribution in [-0.4, -0.2) is 23.7 Å². The molecule has 7 heteroatoms. The highest BCUT2D eigenvalue weighted by Gasteiger charge is 2.31. The number of halogens is 3. The number of primary amides is 1. The molecule has 2 N–H and O–H groups in total. The molecule has 2 aromatic rings. The number of nitrogens with zero attached hydrogens (tertiary/aromatic N) is 1. The van der Waals surface area contributed by atoms with Gasteiger partial charge in [-0.1, -0.05) is 25.5 Å². The van der Waals surface area contributed by atoms with Crippen LogP contribution in [0.4, 0.5) is 13.2 Å². The number of benzene rings is 1. The Labute approximate surface area is 163 Å². The third-order valence-corrected chi connectivity index (χ3v) is 4.74. The summed E-state index contributed by atoms with van der Waals surface area (Å²) in [6.07, 6.45) is -2.11. The molecule has 0 aliphatic rings. The molecule has 0 radical (unpaired) electrons. The van der Waals surface area contributed by atoms with Gasteiger partial charge in [0.1, 0.15) is 0 Å². The van der Waals surface area contributed by atoms with Crippen LogP contribution in [0.5, 0.6) is 0 Å². The fourth-order valence-corrected chi connectivity index (χ4v) is 3.50. The Morgan fingerprint density at radius 3 is 2.32 bits per heavy atom. The van der Waals surface area contributed by atoms with Crippen LogP contribution < -0.4 is 5.73 Å². The van der Waals surface area contributed by atoms with Crippen molar-refractivity contribution in [1.29, 1.82) is 0 Å². The Hall–Kier alpha value is -2.28. The fraction of sp³-hybridized carbons (Fsp3) is 0.476. The first kappa shape index (κ1) is 22.0.